The number of fused-ring (bicyclic) bond motifs is 1. The van der Waals surface area contributed by atoms with Gasteiger partial charge in [-0.2, -0.15) is 0 Å². The Morgan fingerprint density at radius 1 is 1.04 bits per heavy atom. The topological polar surface area (TPSA) is 36.1 Å². The number of likely N-dealkylation sites (tertiary alicyclic amines) is 1. The van der Waals surface area contributed by atoms with E-state index in [1.165, 1.54) is 23.1 Å². The van der Waals surface area contributed by atoms with Crippen LogP contribution in [0.1, 0.15) is 43.0 Å². The largest absolute Gasteiger partial charge is 0.357 e. The average Bonchev–Trinajstić information content (AvgIpc) is 3.11. The Morgan fingerprint density at radius 3 is 2.68 bits per heavy atom. The molecule has 1 aliphatic rings. The van der Waals surface area contributed by atoms with E-state index < -0.39 is 0 Å². The standard InChI is InChI=1S/C22H24N2O/c25-22(14-13-17-8-2-1-3-9-17)24-15-7-6-12-21(24)20-16-18-10-4-5-11-19(18)23-20/h1-5,8-11,16,21,23H,6-7,12-15H2. The summed E-state index contributed by atoms with van der Waals surface area (Å²) in [5.41, 5.74) is 3.56. The Bertz CT molecular complexity index is 820. The molecule has 0 radical (unpaired) electrons. The van der Waals surface area contributed by atoms with E-state index in [0.29, 0.717) is 6.42 Å². The molecule has 2 aromatic carbocycles. The average molecular weight is 332 g/mol. The second-order valence-electron chi connectivity index (χ2n) is 6.90. The third-order valence-corrected chi connectivity index (χ3v) is 5.20. The second-order valence-corrected chi connectivity index (χ2v) is 6.90. The van der Waals surface area contributed by atoms with Gasteiger partial charge in [-0.15, -0.1) is 0 Å². The number of hydrogen-bond acceptors (Lipinski definition) is 1. The first-order valence-corrected chi connectivity index (χ1v) is 9.22. The highest BCUT2D eigenvalue weighted by Gasteiger charge is 2.28. The summed E-state index contributed by atoms with van der Waals surface area (Å²) < 4.78 is 0. The minimum atomic E-state index is 0.185. The van der Waals surface area contributed by atoms with Gasteiger partial charge in [0.1, 0.15) is 0 Å². The maximum absolute atomic E-state index is 12.9. The molecule has 0 bridgehead atoms. The van der Waals surface area contributed by atoms with Gasteiger partial charge < -0.3 is 9.88 Å². The van der Waals surface area contributed by atoms with Crippen LogP contribution in [0.2, 0.25) is 0 Å². The zero-order valence-electron chi connectivity index (χ0n) is 14.4. The van der Waals surface area contributed by atoms with Gasteiger partial charge >= 0.3 is 0 Å². The molecule has 1 aromatic heterocycles. The monoisotopic (exact) mass is 332 g/mol. The molecule has 1 amide bonds. The number of aryl methyl sites for hydroxylation is 1. The van der Waals surface area contributed by atoms with Crippen LogP contribution in [0, 0.1) is 0 Å². The van der Waals surface area contributed by atoms with Crippen LogP contribution < -0.4 is 0 Å². The summed E-state index contributed by atoms with van der Waals surface area (Å²) in [4.78, 5) is 18.5. The van der Waals surface area contributed by atoms with Crippen molar-refractivity contribution in [1.82, 2.24) is 9.88 Å². The Hall–Kier alpha value is -2.55. The lowest BCUT2D eigenvalue weighted by molar-refractivity contribution is -0.135. The van der Waals surface area contributed by atoms with Crippen molar-refractivity contribution in [3.8, 4) is 0 Å². The summed E-state index contributed by atoms with van der Waals surface area (Å²) in [7, 11) is 0. The van der Waals surface area contributed by atoms with Crippen molar-refractivity contribution in [2.75, 3.05) is 6.54 Å². The van der Waals surface area contributed by atoms with E-state index in [1.54, 1.807) is 0 Å². The molecule has 2 heterocycles. The molecule has 1 saturated heterocycles. The summed E-state index contributed by atoms with van der Waals surface area (Å²) in [5.74, 6) is 0.271. The third-order valence-electron chi connectivity index (χ3n) is 5.20. The first kappa shape index (κ1) is 15.9. The maximum atomic E-state index is 12.9. The van der Waals surface area contributed by atoms with E-state index in [1.807, 2.05) is 24.3 Å². The predicted molar refractivity (Wildman–Crippen MR) is 101 cm³/mol. The van der Waals surface area contributed by atoms with Gasteiger partial charge in [-0.05, 0) is 48.8 Å². The molecule has 0 saturated carbocycles. The number of benzene rings is 2. The maximum Gasteiger partial charge on any atom is 0.223 e. The summed E-state index contributed by atoms with van der Waals surface area (Å²) in [6, 6.07) is 21.0. The Labute approximate surface area is 148 Å². The number of para-hydroxylation sites is 1. The highest BCUT2D eigenvalue weighted by atomic mass is 16.2. The number of nitrogens with zero attached hydrogens (tertiary/aromatic N) is 1. The van der Waals surface area contributed by atoms with Gasteiger partial charge in [0, 0.05) is 24.2 Å². The molecule has 128 valence electrons. The summed E-state index contributed by atoms with van der Waals surface area (Å²) in [5, 5.41) is 1.22. The van der Waals surface area contributed by atoms with Crippen molar-refractivity contribution < 1.29 is 4.79 Å². The number of piperidine rings is 1. The summed E-state index contributed by atoms with van der Waals surface area (Å²) >= 11 is 0. The van der Waals surface area contributed by atoms with Crippen molar-refractivity contribution in [3.05, 3.63) is 71.9 Å². The first-order chi connectivity index (χ1) is 12.3. The molecule has 3 aromatic rings. The first-order valence-electron chi connectivity index (χ1n) is 9.22. The number of nitrogens with one attached hydrogen (secondary N) is 1. The van der Waals surface area contributed by atoms with Crippen LogP contribution in [0.4, 0.5) is 0 Å². The number of aromatic amines is 1. The summed E-state index contributed by atoms with van der Waals surface area (Å²) in [6.07, 6.45) is 4.73. The van der Waals surface area contributed by atoms with Gasteiger partial charge in [0.15, 0.2) is 0 Å². The number of aromatic nitrogens is 1. The molecule has 3 heteroatoms. The molecule has 1 unspecified atom stereocenters. The van der Waals surface area contributed by atoms with E-state index in [4.69, 9.17) is 0 Å². The smallest absolute Gasteiger partial charge is 0.223 e. The fourth-order valence-electron chi connectivity index (χ4n) is 3.87. The number of amides is 1. The fraction of sp³-hybridized carbons (Fsp3) is 0.318. The lowest BCUT2D eigenvalue weighted by atomic mass is 9.98. The molecule has 3 nitrogen and oxygen atoms in total. The minimum absolute atomic E-state index is 0.185. The molecule has 1 atom stereocenters. The molecule has 25 heavy (non-hydrogen) atoms. The molecule has 0 aliphatic carbocycles. The quantitative estimate of drug-likeness (QED) is 0.728. The van der Waals surface area contributed by atoms with Gasteiger partial charge in [0.2, 0.25) is 5.91 Å². The Balaban J connectivity index is 1.51. The molecule has 4 rings (SSSR count). The third kappa shape index (κ3) is 3.46. The van der Waals surface area contributed by atoms with Crippen LogP contribution in [-0.4, -0.2) is 22.3 Å². The minimum Gasteiger partial charge on any atom is -0.357 e. The van der Waals surface area contributed by atoms with Crippen molar-refractivity contribution >= 4 is 16.8 Å². The molecule has 1 N–H and O–H groups in total. The number of H-pyrrole nitrogens is 1. The van der Waals surface area contributed by atoms with Crippen LogP contribution in [0.25, 0.3) is 10.9 Å². The number of carbonyl (C=O) groups is 1. The van der Waals surface area contributed by atoms with Gasteiger partial charge in [-0.25, -0.2) is 0 Å². The highest BCUT2D eigenvalue weighted by Crippen LogP contribution is 2.32. The van der Waals surface area contributed by atoms with Gasteiger partial charge in [0.25, 0.3) is 0 Å². The van der Waals surface area contributed by atoms with Gasteiger partial charge in [0.05, 0.1) is 6.04 Å². The molecule has 0 spiro atoms. The number of carbonyl (C=O) groups excluding carboxylic acids is 1. The van der Waals surface area contributed by atoms with E-state index in [0.717, 1.165) is 31.3 Å². The van der Waals surface area contributed by atoms with E-state index in [9.17, 15) is 4.79 Å². The lowest BCUT2D eigenvalue weighted by Gasteiger charge is -2.35. The highest BCUT2D eigenvalue weighted by molar-refractivity contribution is 5.81. The van der Waals surface area contributed by atoms with Gasteiger partial charge in [-0.3, -0.25) is 4.79 Å². The number of hydrogen-bond donors (Lipinski definition) is 1. The molecule has 1 fully saturated rings. The second kappa shape index (κ2) is 7.14. The summed E-state index contributed by atoms with van der Waals surface area (Å²) in [6.45, 7) is 0.869. The van der Waals surface area contributed by atoms with Crippen molar-refractivity contribution in [3.63, 3.8) is 0 Å². The Kier molecular flexibility index (Phi) is 4.55. The van der Waals surface area contributed by atoms with Gasteiger partial charge in [-0.1, -0.05) is 48.5 Å². The molecular weight excluding hydrogens is 308 g/mol. The zero-order chi connectivity index (χ0) is 17.1. The van der Waals surface area contributed by atoms with E-state index in [-0.39, 0.29) is 11.9 Å². The van der Waals surface area contributed by atoms with Crippen LogP contribution in [0.5, 0.6) is 0 Å². The van der Waals surface area contributed by atoms with Crippen molar-refractivity contribution in [2.24, 2.45) is 0 Å². The van der Waals surface area contributed by atoms with Crippen LogP contribution in [-0.2, 0) is 11.2 Å². The van der Waals surface area contributed by atoms with Crippen LogP contribution in [0.15, 0.2) is 60.7 Å². The number of rotatable bonds is 4. The van der Waals surface area contributed by atoms with Crippen LogP contribution in [0.3, 0.4) is 0 Å². The van der Waals surface area contributed by atoms with Crippen molar-refractivity contribution in [1.29, 1.82) is 0 Å². The predicted octanol–water partition coefficient (Wildman–Crippen LogP) is 4.85. The SMILES string of the molecule is O=C(CCc1ccccc1)N1CCCCC1c1cc2ccccc2[nH]1. The molecular formula is C22H24N2O. The van der Waals surface area contributed by atoms with Crippen molar-refractivity contribution in [2.45, 2.75) is 38.1 Å². The van der Waals surface area contributed by atoms with E-state index in [2.05, 4.69) is 46.3 Å². The molecule has 1 aliphatic heterocycles. The zero-order valence-corrected chi connectivity index (χ0v) is 14.4. The fourth-order valence-corrected chi connectivity index (χ4v) is 3.87. The Morgan fingerprint density at radius 2 is 1.84 bits per heavy atom. The lowest BCUT2D eigenvalue weighted by Crippen LogP contribution is -2.38. The normalized spacial score (nSPS) is 17.8. The van der Waals surface area contributed by atoms with Crippen LogP contribution >= 0.6 is 0 Å². The van der Waals surface area contributed by atoms with E-state index >= 15 is 0 Å².